The van der Waals surface area contributed by atoms with Gasteiger partial charge in [-0.25, -0.2) is 4.98 Å². The molecule has 6 heteroatoms. The van der Waals surface area contributed by atoms with E-state index < -0.39 is 0 Å². The molecule has 0 radical (unpaired) electrons. The number of anilines is 1. The highest BCUT2D eigenvalue weighted by molar-refractivity contribution is 5.91. The molecule has 1 saturated carbocycles. The van der Waals surface area contributed by atoms with Gasteiger partial charge < -0.3 is 10.6 Å². The molecule has 2 amide bonds. The first-order valence-corrected chi connectivity index (χ1v) is 8.65. The third-order valence-corrected chi connectivity index (χ3v) is 4.44. The number of hydrogen-bond acceptors (Lipinski definition) is 4. The lowest BCUT2D eigenvalue weighted by Gasteiger charge is -2.30. The summed E-state index contributed by atoms with van der Waals surface area (Å²) in [5, 5.41) is 5.86. The molecule has 2 atom stereocenters. The molecule has 0 aliphatic heterocycles. The lowest BCUT2D eigenvalue weighted by molar-refractivity contribution is -0.124. The average Bonchev–Trinajstić information content (AvgIpc) is 2.49. The summed E-state index contributed by atoms with van der Waals surface area (Å²) in [6, 6.07) is 5.74. The molecule has 1 fully saturated rings. The Hall–Kier alpha value is -1.95. The van der Waals surface area contributed by atoms with Gasteiger partial charge in [-0.05, 0) is 44.9 Å². The van der Waals surface area contributed by atoms with Gasteiger partial charge in [0.05, 0.1) is 13.1 Å². The summed E-state index contributed by atoms with van der Waals surface area (Å²) < 4.78 is 0. The maximum Gasteiger partial charge on any atom is 0.239 e. The van der Waals surface area contributed by atoms with Crippen LogP contribution in [0.15, 0.2) is 18.2 Å². The quantitative estimate of drug-likeness (QED) is 0.835. The zero-order valence-electron chi connectivity index (χ0n) is 14.8. The SMILES string of the molecule is Cc1cccc(NC(=O)CN(C)CC(=O)NC2CCCCC2C)n1. The monoisotopic (exact) mass is 332 g/mol. The number of carbonyl (C=O) groups excluding carboxylic acids is 2. The van der Waals surface area contributed by atoms with Crippen LogP contribution in [0.2, 0.25) is 0 Å². The van der Waals surface area contributed by atoms with E-state index in [4.69, 9.17) is 0 Å². The molecule has 132 valence electrons. The summed E-state index contributed by atoms with van der Waals surface area (Å²) in [4.78, 5) is 30.1. The zero-order chi connectivity index (χ0) is 17.5. The number of rotatable bonds is 6. The second kappa shape index (κ2) is 8.78. The molecule has 6 nitrogen and oxygen atoms in total. The van der Waals surface area contributed by atoms with Gasteiger partial charge in [0.15, 0.2) is 0 Å². The Bertz CT molecular complexity index is 576. The number of amides is 2. The maximum atomic E-state index is 12.2. The average molecular weight is 332 g/mol. The molecule has 1 aromatic heterocycles. The van der Waals surface area contributed by atoms with Crippen molar-refractivity contribution in [2.45, 2.75) is 45.6 Å². The summed E-state index contributed by atoms with van der Waals surface area (Å²) >= 11 is 0. The van der Waals surface area contributed by atoms with Crippen LogP contribution in [0.5, 0.6) is 0 Å². The summed E-state index contributed by atoms with van der Waals surface area (Å²) in [6.45, 7) is 4.44. The molecule has 1 aromatic rings. The number of hydrogen-bond donors (Lipinski definition) is 2. The topological polar surface area (TPSA) is 74.3 Å². The lowest BCUT2D eigenvalue weighted by Crippen LogP contribution is -2.46. The van der Waals surface area contributed by atoms with Gasteiger partial charge in [-0.15, -0.1) is 0 Å². The van der Waals surface area contributed by atoms with Gasteiger partial charge in [-0.1, -0.05) is 25.8 Å². The van der Waals surface area contributed by atoms with Crippen molar-refractivity contribution < 1.29 is 9.59 Å². The van der Waals surface area contributed by atoms with E-state index in [1.807, 2.05) is 19.1 Å². The molecular formula is C18H28N4O2. The second-order valence-corrected chi connectivity index (χ2v) is 6.82. The van der Waals surface area contributed by atoms with Gasteiger partial charge in [-0.2, -0.15) is 0 Å². The van der Waals surface area contributed by atoms with Crippen LogP contribution in [0, 0.1) is 12.8 Å². The van der Waals surface area contributed by atoms with Gasteiger partial charge in [-0.3, -0.25) is 14.5 Å². The van der Waals surface area contributed by atoms with Crippen LogP contribution in [0.3, 0.4) is 0 Å². The van der Waals surface area contributed by atoms with E-state index >= 15 is 0 Å². The molecule has 24 heavy (non-hydrogen) atoms. The van der Waals surface area contributed by atoms with Crippen molar-refractivity contribution in [2.75, 3.05) is 25.5 Å². The minimum atomic E-state index is -0.172. The summed E-state index contributed by atoms with van der Waals surface area (Å²) in [7, 11) is 1.77. The van der Waals surface area contributed by atoms with Crippen molar-refractivity contribution in [1.29, 1.82) is 0 Å². The summed E-state index contributed by atoms with van der Waals surface area (Å²) in [5.74, 6) is 0.879. The molecule has 0 aromatic carbocycles. The van der Waals surface area contributed by atoms with Gasteiger partial charge in [0.1, 0.15) is 5.82 Å². The van der Waals surface area contributed by atoms with Crippen LogP contribution in [0.25, 0.3) is 0 Å². The minimum absolute atomic E-state index is 0.0160. The Balaban J connectivity index is 1.74. The van der Waals surface area contributed by atoms with E-state index in [1.165, 1.54) is 19.3 Å². The smallest absolute Gasteiger partial charge is 0.239 e. The molecule has 1 aliphatic carbocycles. The Kier molecular flexibility index (Phi) is 6.73. The van der Waals surface area contributed by atoms with Crippen molar-refractivity contribution in [1.82, 2.24) is 15.2 Å². The van der Waals surface area contributed by atoms with E-state index in [9.17, 15) is 9.59 Å². The van der Waals surface area contributed by atoms with Crippen molar-refractivity contribution in [2.24, 2.45) is 5.92 Å². The van der Waals surface area contributed by atoms with Gasteiger partial charge in [0, 0.05) is 11.7 Å². The Labute approximate surface area is 144 Å². The number of nitrogens with zero attached hydrogens (tertiary/aromatic N) is 2. The third kappa shape index (κ3) is 5.92. The third-order valence-electron chi connectivity index (χ3n) is 4.44. The van der Waals surface area contributed by atoms with Crippen molar-refractivity contribution in [3.05, 3.63) is 23.9 Å². The Morgan fingerprint density at radius 3 is 2.62 bits per heavy atom. The highest BCUT2D eigenvalue weighted by Gasteiger charge is 2.23. The zero-order valence-corrected chi connectivity index (χ0v) is 14.8. The number of carbonyl (C=O) groups is 2. The normalized spacial score (nSPS) is 20.7. The van der Waals surface area contributed by atoms with Crippen LogP contribution < -0.4 is 10.6 Å². The lowest BCUT2D eigenvalue weighted by atomic mass is 9.86. The highest BCUT2D eigenvalue weighted by Crippen LogP contribution is 2.23. The summed E-state index contributed by atoms with van der Waals surface area (Å²) in [5.41, 5.74) is 0.849. The number of pyridine rings is 1. The summed E-state index contributed by atoms with van der Waals surface area (Å²) in [6.07, 6.45) is 4.65. The number of aromatic nitrogens is 1. The second-order valence-electron chi connectivity index (χ2n) is 6.82. The van der Waals surface area contributed by atoms with E-state index in [0.717, 1.165) is 12.1 Å². The molecule has 0 bridgehead atoms. The fraction of sp³-hybridized carbons (Fsp3) is 0.611. The molecule has 0 spiro atoms. The Morgan fingerprint density at radius 2 is 1.92 bits per heavy atom. The van der Waals surface area contributed by atoms with Crippen LogP contribution in [0.4, 0.5) is 5.82 Å². The van der Waals surface area contributed by atoms with Crippen molar-refractivity contribution in [3.8, 4) is 0 Å². The predicted octanol–water partition coefficient (Wildman–Crippen LogP) is 1.96. The fourth-order valence-corrected chi connectivity index (χ4v) is 3.12. The van der Waals surface area contributed by atoms with E-state index in [-0.39, 0.29) is 30.9 Å². The van der Waals surface area contributed by atoms with Crippen molar-refractivity contribution >= 4 is 17.6 Å². The number of nitrogens with one attached hydrogen (secondary N) is 2. The first kappa shape index (κ1) is 18.4. The fourth-order valence-electron chi connectivity index (χ4n) is 3.12. The number of aryl methyl sites for hydroxylation is 1. The first-order chi connectivity index (χ1) is 11.4. The molecule has 1 aliphatic rings. The van der Waals surface area contributed by atoms with E-state index in [2.05, 4.69) is 22.5 Å². The van der Waals surface area contributed by atoms with Gasteiger partial charge in [0.25, 0.3) is 0 Å². The van der Waals surface area contributed by atoms with Crippen LogP contribution in [-0.2, 0) is 9.59 Å². The van der Waals surface area contributed by atoms with Crippen LogP contribution in [-0.4, -0.2) is 47.9 Å². The van der Waals surface area contributed by atoms with Gasteiger partial charge >= 0.3 is 0 Å². The largest absolute Gasteiger partial charge is 0.352 e. The minimum Gasteiger partial charge on any atom is -0.352 e. The standard InChI is InChI=1S/C18H28N4O2/c1-13-7-4-5-9-15(13)20-17(23)11-22(3)12-18(24)21-16-10-6-8-14(2)19-16/h6,8,10,13,15H,4-5,7,9,11-12H2,1-3H3,(H,20,23)(H,19,21,24). The molecular weight excluding hydrogens is 304 g/mol. The predicted molar refractivity (Wildman–Crippen MR) is 94.7 cm³/mol. The molecule has 2 unspecified atom stereocenters. The number of likely N-dealkylation sites (N-methyl/N-ethyl adjacent to an activating group) is 1. The van der Waals surface area contributed by atoms with E-state index in [1.54, 1.807) is 18.0 Å². The molecule has 2 rings (SSSR count). The van der Waals surface area contributed by atoms with Crippen LogP contribution in [0.1, 0.15) is 38.3 Å². The maximum absolute atomic E-state index is 12.2. The van der Waals surface area contributed by atoms with Gasteiger partial charge in [0.2, 0.25) is 11.8 Å². The molecule has 0 saturated heterocycles. The molecule has 1 heterocycles. The van der Waals surface area contributed by atoms with E-state index in [0.29, 0.717) is 11.7 Å². The highest BCUT2D eigenvalue weighted by atomic mass is 16.2. The van der Waals surface area contributed by atoms with Crippen molar-refractivity contribution in [3.63, 3.8) is 0 Å². The Morgan fingerprint density at radius 1 is 1.21 bits per heavy atom. The van der Waals surface area contributed by atoms with Crippen LogP contribution >= 0.6 is 0 Å². The first-order valence-electron chi connectivity index (χ1n) is 8.65. The molecule has 2 N–H and O–H groups in total.